The maximum absolute atomic E-state index is 12.4. The number of alkyl halides is 3. The molecule has 6 heteroatoms. The van der Waals surface area contributed by atoms with Crippen LogP contribution in [-0.2, 0) is 11.3 Å². The predicted molar refractivity (Wildman–Crippen MR) is 56.6 cm³/mol. The molecule has 2 rings (SSSR count). The summed E-state index contributed by atoms with van der Waals surface area (Å²) < 4.78 is 37.3. The third kappa shape index (κ3) is 2.41. The van der Waals surface area contributed by atoms with Gasteiger partial charge >= 0.3 is 12.1 Å². The van der Waals surface area contributed by atoms with Crippen LogP contribution in [0.1, 0.15) is 5.56 Å². The minimum absolute atomic E-state index is 0.0232. The van der Waals surface area contributed by atoms with Gasteiger partial charge in [0.15, 0.2) is 0 Å². The van der Waals surface area contributed by atoms with Crippen LogP contribution in [0.5, 0.6) is 0 Å². The normalized spacial score (nSPS) is 16.3. The Labute approximate surface area is 96.2 Å². The zero-order valence-corrected chi connectivity index (χ0v) is 8.92. The number of fused-ring (bicyclic) bond motifs is 1. The van der Waals surface area contributed by atoms with Crippen molar-refractivity contribution in [1.82, 2.24) is 5.32 Å². The minimum atomic E-state index is -4.84. The van der Waals surface area contributed by atoms with Crippen LogP contribution >= 0.6 is 0 Å². The second-order valence-electron chi connectivity index (χ2n) is 3.76. The molecule has 92 valence electrons. The van der Waals surface area contributed by atoms with Crippen molar-refractivity contribution in [1.29, 1.82) is 0 Å². The lowest BCUT2D eigenvalue weighted by atomic mass is 10.1. The molecule has 0 aromatic heterocycles. The van der Waals surface area contributed by atoms with Crippen LogP contribution < -0.4 is 10.2 Å². The second-order valence-corrected chi connectivity index (χ2v) is 3.76. The number of amides is 1. The average molecular weight is 244 g/mol. The minimum Gasteiger partial charge on any atom is -0.311 e. The number of hydrogen-bond acceptors (Lipinski definition) is 2. The summed E-state index contributed by atoms with van der Waals surface area (Å²) in [6.07, 6.45) is -4.84. The van der Waals surface area contributed by atoms with Crippen molar-refractivity contribution >= 4 is 11.6 Å². The van der Waals surface area contributed by atoms with E-state index < -0.39 is 12.1 Å². The first-order valence-electron chi connectivity index (χ1n) is 5.17. The highest BCUT2D eigenvalue weighted by atomic mass is 19.4. The van der Waals surface area contributed by atoms with Crippen molar-refractivity contribution in [3.63, 3.8) is 0 Å². The summed E-state index contributed by atoms with van der Waals surface area (Å²) in [6.45, 7) is 0.837. The first-order chi connectivity index (χ1) is 8.00. The molecule has 1 aromatic carbocycles. The van der Waals surface area contributed by atoms with E-state index in [2.05, 4.69) is 5.32 Å². The van der Waals surface area contributed by atoms with E-state index in [0.29, 0.717) is 24.3 Å². The van der Waals surface area contributed by atoms with Crippen LogP contribution in [0, 0.1) is 0 Å². The molecule has 1 amide bonds. The third-order valence-corrected chi connectivity index (χ3v) is 2.60. The number of carbonyl (C=O) groups is 1. The summed E-state index contributed by atoms with van der Waals surface area (Å²) >= 11 is 0. The Balaban J connectivity index is 2.38. The van der Waals surface area contributed by atoms with Gasteiger partial charge in [0, 0.05) is 25.3 Å². The quantitative estimate of drug-likeness (QED) is 0.753. The van der Waals surface area contributed by atoms with Crippen molar-refractivity contribution < 1.29 is 18.0 Å². The summed E-state index contributed by atoms with van der Waals surface area (Å²) in [5, 5.41) is 2.98. The lowest BCUT2D eigenvalue weighted by Gasteiger charge is -2.23. The van der Waals surface area contributed by atoms with Crippen molar-refractivity contribution in [2.45, 2.75) is 12.7 Å². The van der Waals surface area contributed by atoms with Crippen LogP contribution in [0.2, 0.25) is 0 Å². The lowest BCUT2D eigenvalue weighted by Crippen LogP contribution is -2.43. The summed E-state index contributed by atoms with van der Waals surface area (Å²) in [4.78, 5) is 12.1. The van der Waals surface area contributed by atoms with E-state index in [0.717, 1.165) is 4.90 Å². The van der Waals surface area contributed by atoms with Crippen molar-refractivity contribution in [3.8, 4) is 0 Å². The number of nitrogens with zero attached hydrogens (tertiary/aromatic N) is 1. The first kappa shape index (κ1) is 11.9. The summed E-state index contributed by atoms with van der Waals surface area (Å²) in [5.74, 6) is -1.81. The number of hydrogen-bond donors (Lipinski definition) is 1. The van der Waals surface area contributed by atoms with Crippen molar-refractivity contribution in [2.75, 3.05) is 18.0 Å². The van der Waals surface area contributed by atoms with Gasteiger partial charge in [-0.15, -0.1) is 0 Å². The Bertz CT molecular complexity index is 431. The van der Waals surface area contributed by atoms with Gasteiger partial charge in [-0.1, -0.05) is 18.2 Å². The molecule has 0 saturated carbocycles. The smallest absolute Gasteiger partial charge is 0.311 e. The molecule has 0 unspecified atom stereocenters. The molecule has 1 aliphatic heterocycles. The molecule has 17 heavy (non-hydrogen) atoms. The van der Waals surface area contributed by atoms with Crippen LogP contribution in [0.15, 0.2) is 24.3 Å². The van der Waals surface area contributed by atoms with Gasteiger partial charge in [0.05, 0.1) is 0 Å². The Morgan fingerprint density at radius 1 is 1.29 bits per heavy atom. The number of carbonyl (C=O) groups excluding carboxylic acids is 1. The fourth-order valence-electron chi connectivity index (χ4n) is 1.82. The molecule has 1 heterocycles. The van der Waals surface area contributed by atoms with Crippen LogP contribution in [0.25, 0.3) is 0 Å². The highest BCUT2D eigenvalue weighted by Crippen LogP contribution is 2.27. The highest BCUT2D eigenvalue weighted by molar-refractivity contribution is 5.98. The van der Waals surface area contributed by atoms with Gasteiger partial charge in [-0.25, -0.2) is 0 Å². The number of rotatable bonds is 0. The predicted octanol–water partition coefficient (Wildman–Crippen LogP) is 1.69. The molecule has 0 aliphatic carbocycles. The zero-order valence-electron chi connectivity index (χ0n) is 8.92. The number of halogens is 3. The van der Waals surface area contributed by atoms with Gasteiger partial charge in [-0.3, -0.25) is 4.79 Å². The number of para-hydroxylation sites is 1. The Kier molecular flexibility index (Phi) is 3.06. The number of anilines is 1. The SMILES string of the molecule is O=C(N1CCNCc2ccccc21)C(F)(F)F. The van der Waals surface area contributed by atoms with E-state index in [-0.39, 0.29) is 6.54 Å². The zero-order chi connectivity index (χ0) is 12.5. The molecular formula is C11H11F3N2O. The Morgan fingerprint density at radius 2 is 2.00 bits per heavy atom. The van der Waals surface area contributed by atoms with Gasteiger partial charge < -0.3 is 10.2 Å². The first-order valence-corrected chi connectivity index (χ1v) is 5.17. The van der Waals surface area contributed by atoms with Crippen LogP contribution in [0.3, 0.4) is 0 Å². The molecule has 0 radical (unpaired) electrons. The molecule has 0 fully saturated rings. The van der Waals surface area contributed by atoms with Crippen LogP contribution in [-0.4, -0.2) is 25.2 Å². The van der Waals surface area contributed by atoms with E-state index in [1.54, 1.807) is 18.2 Å². The fourth-order valence-corrected chi connectivity index (χ4v) is 1.82. The molecule has 1 N–H and O–H groups in total. The van der Waals surface area contributed by atoms with Gasteiger partial charge in [0.1, 0.15) is 0 Å². The summed E-state index contributed by atoms with van der Waals surface area (Å²) in [5.41, 5.74) is 1.03. The third-order valence-electron chi connectivity index (χ3n) is 2.60. The summed E-state index contributed by atoms with van der Waals surface area (Å²) in [6, 6.07) is 6.61. The van der Waals surface area contributed by atoms with Gasteiger partial charge in [-0.05, 0) is 11.6 Å². The van der Waals surface area contributed by atoms with Crippen molar-refractivity contribution in [2.24, 2.45) is 0 Å². The van der Waals surface area contributed by atoms with Gasteiger partial charge in [-0.2, -0.15) is 13.2 Å². The fraction of sp³-hybridized carbons (Fsp3) is 0.364. The molecule has 0 saturated heterocycles. The Morgan fingerprint density at radius 3 is 2.71 bits per heavy atom. The van der Waals surface area contributed by atoms with E-state index >= 15 is 0 Å². The molecule has 0 spiro atoms. The van der Waals surface area contributed by atoms with Gasteiger partial charge in [0.25, 0.3) is 0 Å². The maximum Gasteiger partial charge on any atom is 0.471 e. The monoisotopic (exact) mass is 244 g/mol. The average Bonchev–Trinajstić information content (AvgIpc) is 2.48. The number of benzene rings is 1. The van der Waals surface area contributed by atoms with E-state index in [1.807, 2.05) is 0 Å². The molecule has 0 bridgehead atoms. The molecule has 0 atom stereocenters. The topological polar surface area (TPSA) is 32.3 Å². The van der Waals surface area contributed by atoms with E-state index in [9.17, 15) is 18.0 Å². The maximum atomic E-state index is 12.4. The summed E-state index contributed by atoms with van der Waals surface area (Å²) in [7, 11) is 0. The lowest BCUT2D eigenvalue weighted by molar-refractivity contribution is -0.170. The molecule has 3 nitrogen and oxygen atoms in total. The van der Waals surface area contributed by atoms with E-state index in [4.69, 9.17) is 0 Å². The Hall–Kier alpha value is -1.56. The van der Waals surface area contributed by atoms with Gasteiger partial charge in [0.2, 0.25) is 0 Å². The van der Waals surface area contributed by atoms with Crippen LogP contribution in [0.4, 0.5) is 18.9 Å². The largest absolute Gasteiger partial charge is 0.471 e. The molecular weight excluding hydrogens is 233 g/mol. The molecule has 1 aliphatic rings. The van der Waals surface area contributed by atoms with E-state index in [1.165, 1.54) is 6.07 Å². The number of nitrogens with one attached hydrogen (secondary N) is 1. The molecule has 1 aromatic rings. The standard InChI is InChI=1S/C11H11F3N2O/c12-11(13,14)10(17)16-6-5-15-7-8-3-1-2-4-9(8)16/h1-4,15H,5-7H2. The highest BCUT2D eigenvalue weighted by Gasteiger charge is 2.43. The van der Waals surface area contributed by atoms with Crippen molar-refractivity contribution in [3.05, 3.63) is 29.8 Å². The second kappa shape index (κ2) is 4.37.